The molecule has 2 aliphatic heterocycles. The van der Waals surface area contributed by atoms with E-state index in [2.05, 4.69) is 50.8 Å². The van der Waals surface area contributed by atoms with Crippen molar-refractivity contribution in [2.75, 3.05) is 42.9 Å². The number of carbonyl (C=O) groups is 2. The fraction of sp³-hybridized carbons (Fsp3) is 0.406. The third-order valence-corrected chi connectivity index (χ3v) is 7.73. The van der Waals surface area contributed by atoms with Gasteiger partial charge < -0.3 is 10.6 Å². The number of anilines is 3. The molecular weight excluding hydrogens is 486 g/mol. The van der Waals surface area contributed by atoms with Crippen molar-refractivity contribution in [1.29, 1.82) is 0 Å². The minimum atomic E-state index is -0.223. The molecule has 7 heteroatoms. The number of unbranched alkanes of at least 4 members (excludes halogenated alkanes) is 1. The third-order valence-electron chi connectivity index (χ3n) is 7.73. The number of fused-ring (bicyclic) bond motifs is 2. The molecule has 3 heterocycles. The fourth-order valence-corrected chi connectivity index (χ4v) is 5.75. The zero-order valence-electron chi connectivity index (χ0n) is 22.6. The molecular formula is C32H39N5O2. The van der Waals surface area contributed by atoms with Crippen LogP contribution in [0.4, 0.5) is 17.2 Å². The van der Waals surface area contributed by atoms with E-state index in [0.717, 1.165) is 39.0 Å². The van der Waals surface area contributed by atoms with Crippen LogP contribution in [0.15, 0.2) is 72.9 Å². The molecule has 2 aromatic carbocycles. The Morgan fingerprint density at radius 2 is 1.79 bits per heavy atom. The maximum atomic E-state index is 13.7. The highest BCUT2D eigenvalue weighted by atomic mass is 16.2. The average molecular weight is 526 g/mol. The lowest BCUT2D eigenvalue weighted by Gasteiger charge is -2.34. The second-order valence-electron chi connectivity index (χ2n) is 10.7. The number of aryl methyl sites for hydroxylation is 1. The molecule has 0 aliphatic carbocycles. The first-order chi connectivity index (χ1) is 19.2. The predicted molar refractivity (Wildman–Crippen MR) is 156 cm³/mol. The molecule has 2 amide bonds. The summed E-state index contributed by atoms with van der Waals surface area (Å²) in [6.45, 7) is 4.31. The Balaban J connectivity index is 1.09. The van der Waals surface area contributed by atoms with Crippen molar-refractivity contribution in [3.63, 3.8) is 0 Å². The summed E-state index contributed by atoms with van der Waals surface area (Å²) in [5, 5.41) is 6.51. The highest BCUT2D eigenvalue weighted by Gasteiger charge is 2.31. The minimum absolute atomic E-state index is 0.0562. The highest BCUT2D eigenvalue weighted by molar-refractivity contribution is 6.17. The second-order valence-corrected chi connectivity index (χ2v) is 10.7. The number of para-hydroxylation sites is 1. The van der Waals surface area contributed by atoms with Crippen LogP contribution in [0.2, 0.25) is 0 Å². The van der Waals surface area contributed by atoms with Gasteiger partial charge in [-0.05, 0) is 93.9 Å². The molecule has 1 aromatic heterocycles. The van der Waals surface area contributed by atoms with Crippen molar-refractivity contribution in [3.05, 3.63) is 84.1 Å². The summed E-state index contributed by atoms with van der Waals surface area (Å²) in [5.74, 6) is 0.818. The summed E-state index contributed by atoms with van der Waals surface area (Å²) >= 11 is 0. The summed E-state index contributed by atoms with van der Waals surface area (Å²) in [7, 11) is 0. The van der Waals surface area contributed by atoms with E-state index in [1.54, 1.807) is 29.3 Å². The van der Waals surface area contributed by atoms with Gasteiger partial charge in [0, 0.05) is 12.7 Å². The highest BCUT2D eigenvalue weighted by Crippen LogP contribution is 2.36. The van der Waals surface area contributed by atoms with Crippen molar-refractivity contribution >= 4 is 29.0 Å². The zero-order chi connectivity index (χ0) is 26.9. The van der Waals surface area contributed by atoms with E-state index in [1.165, 1.54) is 37.7 Å². The molecule has 2 N–H and O–H groups in total. The van der Waals surface area contributed by atoms with E-state index in [0.29, 0.717) is 35.2 Å². The van der Waals surface area contributed by atoms with Gasteiger partial charge in [0.15, 0.2) is 5.82 Å². The molecule has 1 saturated heterocycles. The Labute approximate surface area is 231 Å². The van der Waals surface area contributed by atoms with E-state index in [9.17, 15) is 9.59 Å². The van der Waals surface area contributed by atoms with Gasteiger partial charge in [0.1, 0.15) is 0 Å². The number of hydrogen-bond acceptors (Lipinski definition) is 5. The van der Waals surface area contributed by atoms with Crippen LogP contribution in [0.5, 0.6) is 0 Å². The first kappa shape index (κ1) is 27.0. The number of carbonyl (C=O) groups excluding carboxylic acids is 2. The van der Waals surface area contributed by atoms with Gasteiger partial charge in [0.2, 0.25) is 5.91 Å². The Bertz CT molecular complexity index is 1250. The van der Waals surface area contributed by atoms with Crippen molar-refractivity contribution in [1.82, 2.24) is 15.2 Å². The van der Waals surface area contributed by atoms with Gasteiger partial charge in [0.25, 0.3) is 5.91 Å². The van der Waals surface area contributed by atoms with Crippen LogP contribution >= 0.6 is 0 Å². The lowest BCUT2D eigenvalue weighted by molar-refractivity contribution is -0.119. The van der Waals surface area contributed by atoms with Gasteiger partial charge in [-0.3, -0.25) is 19.4 Å². The smallest absolute Gasteiger partial charge is 0.257 e. The van der Waals surface area contributed by atoms with Crippen molar-refractivity contribution < 1.29 is 9.59 Å². The van der Waals surface area contributed by atoms with E-state index < -0.39 is 0 Å². The molecule has 2 aliphatic rings. The van der Waals surface area contributed by atoms with E-state index in [4.69, 9.17) is 0 Å². The van der Waals surface area contributed by atoms with Crippen molar-refractivity contribution in [2.24, 2.45) is 5.92 Å². The number of amides is 2. The zero-order valence-corrected chi connectivity index (χ0v) is 22.6. The average Bonchev–Trinajstić information content (AvgIpc) is 3.09. The lowest BCUT2D eigenvalue weighted by Crippen LogP contribution is -2.43. The molecule has 0 saturated carbocycles. The Morgan fingerprint density at radius 1 is 0.974 bits per heavy atom. The quantitative estimate of drug-likeness (QED) is 0.327. The van der Waals surface area contributed by atoms with Crippen molar-refractivity contribution in [2.45, 2.75) is 44.9 Å². The Kier molecular flexibility index (Phi) is 9.35. The molecule has 1 unspecified atom stereocenters. The van der Waals surface area contributed by atoms with Crippen LogP contribution < -0.4 is 15.5 Å². The summed E-state index contributed by atoms with van der Waals surface area (Å²) < 4.78 is 0. The third kappa shape index (κ3) is 7.11. The fourth-order valence-electron chi connectivity index (χ4n) is 5.75. The number of benzene rings is 2. The number of hydrogen-bond donors (Lipinski definition) is 2. The van der Waals surface area contributed by atoms with Gasteiger partial charge in [-0.1, -0.05) is 48.9 Å². The Morgan fingerprint density at radius 3 is 2.69 bits per heavy atom. The monoisotopic (exact) mass is 525 g/mol. The molecule has 0 radical (unpaired) electrons. The van der Waals surface area contributed by atoms with Crippen LogP contribution in [-0.2, 0) is 11.2 Å². The molecule has 39 heavy (non-hydrogen) atoms. The number of nitrogens with zero attached hydrogens (tertiary/aromatic N) is 3. The van der Waals surface area contributed by atoms with Gasteiger partial charge in [-0.2, -0.15) is 0 Å². The summed E-state index contributed by atoms with van der Waals surface area (Å²) in [6, 6.07) is 21.5. The molecule has 5 rings (SSSR count). The van der Waals surface area contributed by atoms with Gasteiger partial charge in [0.05, 0.1) is 23.5 Å². The summed E-state index contributed by atoms with van der Waals surface area (Å²) in [4.78, 5) is 34.9. The number of aromatic nitrogens is 1. The van der Waals surface area contributed by atoms with Crippen LogP contribution in [0.1, 0.15) is 54.4 Å². The van der Waals surface area contributed by atoms with Crippen LogP contribution in [-0.4, -0.2) is 54.4 Å². The number of nitrogens with one attached hydrogen (secondary N) is 2. The SMILES string of the molecule is O=C1Nc2cccnc2N(C(=O)CN2CCCC(CCCCNCCCc3ccccc3)C2)c2ccccc21. The summed E-state index contributed by atoms with van der Waals surface area (Å²) in [6.07, 6.45) is 9.90. The molecule has 3 aromatic rings. The van der Waals surface area contributed by atoms with E-state index in [-0.39, 0.29) is 11.8 Å². The molecule has 1 fully saturated rings. The standard InChI is InChI=1S/C32H39N5O2/c38-30(37-29-18-5-4-16-27(29)32(39)35-28-17-9-21-34-31(28)37)24-36-22-10-15-26(23-36)13-6-7-19-33-20-8-14-25-11-2-1-3-12-25/h1-5,9,11-12,16-18,21,26,33H,6-8,10,13-15,19-20,22-24H2,(H,35,39). The van der Waals surface area contributed by atoms with Gasteiger partial charge >= 0.3 is 0 Å². The van der Waals surface area contributed by atoms with Gasteiger partial charge in [-0.25, -0.2) is 4.98 Å². The predicted octanol–water partition coefficient (Wildman–Crippen LogP) is 5.42. The van der Waals surface area contributed by atoms with E-state index in [1.807, 2.05) is 18.2 Å². The maximum Gasteiger partial charge on any atom is 0.257 e. The molecule has 0 bridgehead atoms. The van der Waals surface area contributed by atoms with Crippen molar-refractivity contribution in [3.8, 4) is 0 Å². The first-order valence-electron chi connectivity index (χ1n) is 14.3. The second kappa shape index (κ2) is 13.5. The van der Waals surface area contributed by atoms with Crippen LogP contribution in [0.3, 0.4) is 0 Å². The molecule has 1 atom stereocenters. The largest absolute Gasteiger partial charge is 0.319 e. The van der Waals surface area contributed by atoms with E-state index >= 15 is 0 Å². The normalized spacial score (nSPS) is 17.2. The number of likely N-dealkylation sites (tertiary alicyclic amines) is 1. The molecule has 7 nitrogen and oxygen atoms in total. The molecule has 204 valence electrons. The minimum Gasteiger partial charge on any atom is -0.319 e. The van der Waals surface area contributed by atoms with Gasteiger partial charge in [-0.15, -0.1) is 0 Å². The summed E-state index contributed by atoms with van der Waals surface area (Å²) in [5.41, 5.74) is 3.03. The van der Waals surface area contributed by atoms with Crippen LogP contribution in [0.25, 0.3) is 0 Å². The Hall–Kier alpha value is -3.55. The number of piperidine rings is 1. The first-order valence-corrected chi connectivity index (χ1v) is 14.3. The number of pyridine rings is 1. The topological polar surface area (TPSA) is 77.6 Å². The molecule has 0 spiro atoms. The van der Waals surface area contributed by atoms with Crippen LogP contribution in [0, 0.1) is 5.92 Å². The maximum absolute atomic E-state index is 13.7. The number of rotatable bonds is 11. The lowest BCUT2D eigenvalue weighted by atomic mass is 9.92.